The zero-order valence-electron chi connectivity index (χ0n) is 12.1. The summed E-state index contributed by atoms with van der Waals surface area (Å²) >= 11 is 0. The molecule has 0 atom stereocenters. The molecule has 0 unspecified atom stereocenters. The Labute approximate surface area is 128 Å². The maximum Gasteiger partial charge on any atom is 0.186 e. The zero-order valence-corrected chi connectivity index (χ0v) is 12.1. The minimum Gasteiger partial charge on any atom is -0.497 e. The highest BCUT2D eigenvalue weighted by molar-refractivity contribution is 5.42. The number of hydrogen-bond donors (Lipinski definition) is 0. The maximum absolute atomic E-state index is 9.27. The standard InChI is InChI=1S/C17H14N4O/c1-22-15-9-5-8-14(11-15)21-17(16(12-18)19-20-21)10-13-6-3-2-4-7-13/h2-9,11H,10H2,1H3. The third kappa shape index (κ3) is 2.67. The number of aromatic nitrogens is 3. The highest BCUT2D eigenvalue weighted by atomic mass is 16.5. The quantitative estimate of drug-likeness (QED) is 0.741. The third-order valence-corrected chi connectivity index (χ3v) is 3.38. The number of hydrogen-bond acceptors (Lipinski definition) is 4. The Balaban J connectivity index is 2.05. The maximum atomic E-state index is 9.27. The van der Waals surface area contributed by atoms with Gasteiger partial charge in [0.25, 0.3) is 0 Å². The average molecular weight is 290 g/mol. The molecule has 0 aliphatic heterocycles. The molecule has 0 amide bonds. The molecule has 0 saturated heterocycles. The molecule has 3 aromatic rings. The molecule has 1 aromatic heterocycles. The molecule has 0 aliphatic carbocycles. The largest absolute Gasteiger partial charge is 0.497 e. The van der Waals surface area contributed by atoms with Crippen LogP contribution in [-0.2, 0) is 6.42 Å². The number of benzene rings is 2. The van der Waals surface area contributed by atoms with Crippen LogP contribution < -0.4 is 4.74 Å². The normalized spacial score (nSPS) is 10.2. The van der Waals surface area contributed by atoms with Crippen molar-refractivity contribution < 1.29 is 4.74 Å². The van der Waals surface area contributed by atoms with E-state index in [0.717, 1.165) is 22.7 Å². The average Bonchev–Trinajstić information content (AvgIpc) is 2.98. The van der Waals surface area contributed by atoms with Crippen molar-refractivity contribution in [2.45, 2.75) is 6.42 Å². The summed E-state index contributed by atoms with van der Waals surface area (Å²) in [5.41, 5.74) is 3.03. The molecule has 0 spiro atoms. The minimum atomic E-state index is 0.340. The minimum absolute atomic E-state index is 0.340. The first-order valence-corrected chi connectivity index (χ1v) is 6.85. The van der Waals surface area contributed by atoms with Gasteiger partial charge in [-0.3, -0.25) is 0 Å². The van der Waals surface area contributed by atoms with Gasteiger partial charge in [0.2, 0.25) is 0 Å². The van der Waals surface area contributed by atoms with Crippen LogP contribution in [0.4, 0.5) is 0 Å². The molecule has 0 saturated carbocycles. The second-order valence-electron chi connectivity index (χ2n) is 4.77. The van der Waals surface area contributed by atoms with E-state index < -0.39 is 0 Å². The Bertz CT molecular complexity index is 818. The number of rotatable bonds is 4. The van der Waals surface area contributed by atoms with E-state index in [1.807, 2.05) is 54.6 Å². The first-order valence-electron chi connectivity index (χ1n) is 6.85. The van der Waals surface area contributed by atoms with Gasteiger partial charge in [0.1, 0.15) is 11.8 Å². The van der Waals surface area contributed by atoms with Crippen LogP contribution in [0.1, 0.15) is 17.0 Å². The molecule has 2 aromatic carbocycles. The lowest BCUT2D eigenvalue weighted by molar-refractivity contribution is 0.414. The Morgan fingerprint density at radius 1 is 1.14 bits per heavy atom. The van der Waals surface area contributed by atoms with E-state index in [2.05, 4.69) is 16.4 Å². The van der Waals surface area contributed by atoms with Gasteiger partial charge in [-0.05, 0) is 17.7 Å². The van der Waals surface area contributed by atoms with E-state index in [-0.39, 0.29) is 0 Å². The van der Waals surface area contributed by atoms with Crippen LogP contribution in [0.15, 0.2) is 54.6 Å². The fourth-order valence-electron chi connectivity index (χ4n) is 2.29. The summed E-state index contributed by atoms with van der Waals surface area (Å²) in [7, 11) is 1.62. The molecular formula is C17H14N4O. The number of methoxy groups -OCH3 is 1. The number of ether oxygens (including phenoxy) is 1. The first kappa shape index (κ1) is 13.8. The van der Waals surface area contributed by atoms with E-state index in [1.165, 1.54) is 0 Å². The molecule has 108 valence electrons. The SMILES string of the molecule is COc1cccc(-n2nnc(C#N)c2Cc2ccccc2)c1. The molecule has 5 heteroatoms. The number of nitrogens with zero attached hydrogens (tertiary/aromatic N) is 4. The van der Waals surface area contributed by atoms with Crippen molar-refractivity contribution >= 4 is 0 Å². The Hall–Kier alpha value is -3.13. The van der Waals surface area contributed by atoms with Crippen LogP contribution >= 0.6 is 0 Å². The van der Waals surface area contributed by atoms with Crippen molar-refractivity contribution in [2.75, 3.05) is 7.11 Å². The molecule has 0 fully saturated rings. The summed E-state index contributed by atoms with van der Waals surface area (Å²) in [6, 6.07) is 19.6. The van der Waals surface area contributed by atoms with Gasteiger partial charge in [-0.2, -0.15) is 5.26 Å². The van der Waals surface area contributed by atoms with Gasteiger partial charge in [0, 0.05) is 12.5 Å². The van der Waals surface area contributed by atoms with Crippen molar-refractivity contribution in [2.24, 2.45) is 0 Å². The van der Waals surface area contributed by atoms with Crippen LogP contribution in [0, 0.1) is 11.3 Å². The monoisotopic (exact) mass is 290 g/mol. The summed E-state index contributed by atoms with van der Waals surface area (Å²) < 4.78 is 6.93. The molecule has 22 heavy (non-hydrogen) atoms. The molecule has 0 bridgehead atoms. The van der Waals surface area contributed by atoms with Crippen LogP contribution in [0.2, 0.25) is 0 Å². The van der Waals surface area contributed by atoms with Crippen molar-refractivity contribution in [3.8, 4) is 17.5 Å². The van der Waals surface area contributed by atoms with Crippen LogP contribution in [0.25, 0.3) is 5.69 Å². The summed E-state index contributed by atoms with van der Waals surface area (Å²) in [5.74, 6) is 0.733. The van der Waals surface area contributed by atoms with Crippen LogP contribution in [0.3, 0.4) is 0 Å². The highest BCUT2D eigenvalue weighted by Crippen LogP contribution is 2.20. The summed E-state index contributed by atoms with van der Waals surface area (Å²) in [6.45, 7) is 0. The first-order chi connectivity index (χ1) is 10.8. The zero-order chi connectivity index (χ0) is 15.4. The smallest absolute Gasteiger partial charge is 0.186 e. The van der Waals surface area contributed by atoms with Gasteiger partial charge < -0.3 is 4.74 Å². The predicted octanol–water partition coefficient (Wildman–Crippen LogP) is 2.74. The number of nitriles is 1. The van der Waals surface area contributed by atoms with Crippen molar-refractivity contribution in [1.82, 2.24) is 15.0 Å². The molecule has 0 N–H and O–H groups in total. The lowest BCUT2D eigenvalue weighted by atomic mass is 10.1. The Kier molecular flexibility index (Phi) is 3.84. The fourth-order valence-corrected chi connectivity index (χ4v) is 2.29. The van der Waals surface area contributed by atoms with E-state index in [4.69, 9.17) is 4.74 Å². The Morgan fingerprint density at radius 3 is 2.68 bits per heavy atom. The molecule has 5 nitrogen and oxygen atoms in total. The van der Waals surface area contributed by atoms with Crippen molar-refractivity contribution in [3.05, 3.63) is 71.5 Å². The second kappa shape index (κ2) is 6.10. The van der Waals surface area contributed by atoms with Gasteiger partial charge in [-0.1, -0.05) is 41.6 Å². The topological polar surface area (TPSA) is 63.7 Å². The molecule has 3 rings (SSSR count). The molecule has 1 heterocycles. The second-order valence-corrected chi connectivity index (χ2v) is 4.77. The fraction of sp³-hybridized carbons (Fsp3) is 0.118. The van der Waals surface area contributed by atoms with Gasteiger partial charge >= 0.3 is 0 Å². The summed E-state index contributed by atoms with van der Waals surface area (Å²) in [4.78, 5) is 0. The van der Waals surface area contributed by atoms with Gasteiger partial charge in [-0.15, -0.1) is 5.10 Å². The van der Waals surface area contributed by atoms with Crippen LogP contribution in [-0.4, -0.2) is 22.1 Å². The van der Waals surface area contributed by atoms with Crippen LogP contribution in [0.5, 0.6) is 5.75 Å². The van der Waals surface area contributed by atoms with Gasteiger partial charge in [-0.25, -0.2) is 4.68 Å². The molecular weight excluding hydrogens is 276 g/mol. The third-order valence-electron chi connectivity index (χ3n) is 3.38. The molecule has 0 aliphatic rings. The molecule has 0 radical (unpaired) electrons. The predicted molar refractivity (Wildman–Crippen MR) is 81.9 cm³/mol. The summed E-state index contributed by atoms with van der Waals surface area (Å²) in [5, 5.41) is 17.4. The lowest BCUT2D eigenvalue weighted by Crippen LogP contribution is -2.04. The highest BCUT2D eigenvalue weighted by Gasteiger charge is 2.15. The van der Waals surface area contributed by atoms with E-state index in [0.29, 0.717) is 12.1 Å². The van der Waals surface area contributed by atoms with Crippen molar-refractivity contribution in [3.63, 3.8) is 0 Å². The van der Waals surface area contributed by atoms with E-state index in [1.54, 1.807) is 11.8 Å². The van der Waals surface area contributed by atoms with Gasteiger partial charge in [0.05, 0.1) is 18.5 Å². The Morgan fingerprint density at radius 2 is 1.95 bits per heavy atom. The summed E-state index contributed by atoms with van der Waals surface area (Å²) in [6.07, 6.45) is 0.591. The lowest BCUT2D eigenvalue weighted by Gasteiger charge is -2.08. The van der Waals surface area contributed by atoms with Crippen molar-refractivity contribution in [1.29, 1.82) is 5.26 Å². The van der Waals surface area contributed by atoms with Gasteiger partial charge in [0.15, 0.2) is 5.69 Å². The van der Waals surface area contributed by atoms with E-state index >= 15 is 0 Å². The van der Waals surface area contributed by atoms with E-state index in [9.17, 15) is 5.26 Å².